The third-order valence-corrected chi connectivity index (χ3v) is 5.44. The average molecular weight is 453 g/mol. The lowest BCUT2D eigenvalue weighted by Crippen LogP contribution is -2.20. The highest BCUT2D eigenvalue weighted by molar-refractivity contribution is 5.98. The minimum atomic E-state index is -0.319. The van der Waals surface area contributed by atoms with Crippen LogP contribution in [0.1, 0.15) is 12.8 Å². The predicted molar refractivity (Wildman–Crippen MR) is 135 cm³/mol. The summed E-state index contributed by atoms with van der Waals surface area (Å²) in [4.78, 5) is 32.4. The van der Waals surface area contributed by atoms with E-state index in [2.05, 4.69) is 37.4 Å². The Kier molecular flexibility index (Phi) is 5.98. The van der Waals surface area contributed by atoms with Gasteiger partial charge in [-0.05, 0) is 49.2 Å². The van der Waals surface area contributed by atoms with E-state index in [1.54, 1.807) is 24.4 Å². The Morgan fingerprint density at radius 2 is 1.71 bits per heavy atom. The first kappa shape index (κ1) is 21.3. The highest BCUT2D eigenvalue weighted by Gasteiger charge is 2.19. The highest BCUT2D eigenvalue weighted by Crippen LogP contribution is 2.30. The summed E-state index contributed by atoms with van der Waals surface area (Å²) in [6.45, 7) is 5.37. The van der Waals surface area contributed by atoms with Crippen LogP contribution in [0.5, 0.6) is 0 Å². The summed E-state index contributed by atoms with van der Waals surface area (Å²) >= 11 is 0. The Bertz CT molecular complexity index is 1340. The minimum Gasteiger partial charge on any atom is -0.356 e. The molecule has 0 bridgehead atoms. The molecule has 1 saturated heterocycles. The number of carbonyl (C=O) groups excluding carboxylic acids is 1. The largest absolute Gasteiger partial charge is 0.356 e. The fraction of sp³-hybridized carbons (Fsp3) is 0.160. The van der Waals surface area contributed by atoms with Crippen molar-refractivity contribution in [1.82, 2.24) is 19.9 Å². The number of rotatable bonds is 7. The van der Waals surface area contributed by atoms with Gasteiger partial charge >= 0.3 is 0 Å². The molecule has 0 radical (unpaired) electrons. The van der Waals surface area contributed by atoms with E-state index in [-0.39, 0.29) is 5.91 Å². The third kappa shape index (κ3) is 4.78. The smallest absolute Gasteiger partial charge is 0.248 e. The fourth-order valence-corrected chi connectivity index (χ4v) is 3.84. The van der Waals surface area contributed by atoms with E-state index >= 15 is 0 Å². The standard InChI is InChI=1S/C25H24N8O/c1-2-23(34)31-21-12-8-11-20(29-21)30-22-15-18-19(16-26-22)28-25(27-17-9-4-3-5-10-17)32-24(18)33-13-6-7-14-33/h2-5,8-12,15-16H,1,6-7,13-14H2,(H,27,28,32)(H2,26,29,30,31,34). The lowest BCUT2D eigenvalue weighted by Gasteiger charge is -2.20. The first-order chi connectivity index (χ1) is 16.7. The molecule has 4 aromatic rings. The minimum absolute atomic E-state index is 0.319. The van der Waals surface area contributed by atoms with E-state index in [1.165, 1.54) is 6.08 Å². The van der Waals surface area contributed by atoms with Crippen LogP contribution < -0.4 is 20.9 Å². The van der Waals surface area contributed by atoms with Gasteiger partial charge < -0.3 is 20.9 Å². The zero-order valence-electron chi connectivity index (χ0n) is 18.5. The number of para-hydroxylation sites is 1. The van der Waals surface area contributed by atoms with Crippen molar-refractivity contribution in [3.63, 3.8) is 0 Å². The maximum absolute atomic E-state index is 11.6. The summed E-state index contributed by atoms with van der Waals surface area (Å²) in [5.74, 6) is 2.69. The number of hydrogen-bond donors (Lipinski definition) is 3. The molecule has 0 unspecified atom stereocenters. The molecule has 9 nitrogen and oxygen atoms in total. The average Bonchev–Trinajstić information content (AvgIpc) is 3.39. The topological polar surface area (TPSA) is 108 Å². The maximum Gasteiger partial charge on any atom is 0.248 e. The molecule has 1 aliphatic heterocycles. The molecule has 4 heterocycles. The van der Waals surface area contributed by atoms with Crippen molar-refractivity contribution in [2.24, 2.45) is 0 Å². The van der Waals surface area contributed by atoms with Crippen molar-refractivity contribution < 1.29 is 4.79 Å². The van der Waals surface area contributed by atoms with Gasteiger partial charge in [-0.2, -0.15) is 4.98 Å². The quantitative estimate of drug-likeness (QED) is 0.348. The van der Waals surface area contributed by atoms with Crippen molar-refractivity contribution >= 4 is 51.7 Å². The Hall–Kier alpha value is -4.53. The predicted octanol–water partition coefficient (Wildman–Crippen LogP) is 4.63. The van der Waals surface area contributed by atoms with Crippen molar-refractivity contribution in [2.75, 3.05) is 33.9 Å². The van der Waals surface area contributed by atoms with Gasteiger partial charge in [0, 0.05) is 24.2 Å². The number of benzene rings is 1. The molecular weight excluding hydrogens is 428 g/mol. The number of fused-ring (bicyclic) bond motifs is 1. The van der Waals surface area contributed by atoms with Crippen LogP contribution in [-0.4, -0.2) is 38.9 Å². The molecule has 170 valence electrons. The van der Waals surface area contributed by atoms with Crippen molar-refractivity contribution in [3.05, 3.63) is 73.4 Å². The Balaban J connectivity index is 1.47. The molecule has 0 spiro atoms. The van der Waals surface area contributed by atoms with Gasteiger partial charge in [0.05, 0.1) is 11.7 Å². The van der Waals surface area contributed by atoms with Crippen molar-refractivity contribution in [2.45, 2.75) is 12.8 Å². The second-order valence-electron chi connectivity index (χ2n) is 7.87. The van der Waals surface area contributed by atoms with Gasteiger partial charge in [-0.3, -0.25) is 4.79 Å². The molecule has 0 atom stereocenters. The van der Waals surface area contributed by atoms with Crippen LogP contribution in [-0.2, 0) is 4.79 Å². The van der Waals surface area contributed by atoms with Crippen LogP contribution in [0.25, 0.3) is 10.9 Å². The summed E-state index contributed by atoms with van der Waals surface area (Å²) < 4.78 is 0. The maximum atomic E-state index is 11.6. The monoisotopic (exact) mass is 452 g/mol. The molecule has 3 aromatic heterocycles. The molecule has 1 amide bonds. The van der Waals surface area contributed by atoms with Crippen LogP contribution in [0.3, 0.4) is 0 Å². The first-order valence-electron chi connectivity index (χ1n) is 11.1. The van der Waals surface area contributed by atoms with Crippen LogP contribution in [0.15, 0.2) is 73.4 Å². The number of hydrogen-bond acceptors (Lipinski definition) is 8. The second kappa shape index (κ2) is 9.53. The van der Waals surface area contributed by atoms with Crippen LogP contribution >= 0.6 is 0 Å². The molecule has 1 aromatic carbocycles. The van der Waals surface area contributed by atoms with E-state index in [4.69, 9.17) is 9.97 Å². The van der Waals surface area contributed by atoms with Gasteiger partial charge in [0.15, 0.2) is 0 Å². The highest BCUT2D eigenvalue weighted by atomic mass is 16.1. The van der Waals surface area contributed by atoms with Gasteiger partial charge in [0.25, 0.3) is 0 Å². The van der Waals surface area contributed by atoms with Crippen LogP contribution in [0, 0.1) is 0 Å². The molecule has 9 heteroatoms. The molecular formula is C25H24N8O. The summed E-state index contributed by atoms with van der Waals surface area (Å²) in [6, 6.07) is 17.1. The summed E-state index contributed by atoms with van der Waals surface area (Å²) in [5.41, 5.74) is 1.68. The third-order valence-electron chi connectivity index (χ3n) is 5.44. The van der Waals surface area contributed by atoms with Gasteiger partial charge in [-0.25, -0.2) is 15.0 Å². The summed E-state index contributed by atoms with van der Waals surface area (Å²) in [7, 11) is 0. The Morgan fingerprint density at radius 3 is 2.50 bits per heavy atom. The Morgan fingerprint density at radius 1 is 0.912 bits per heavy atom. The lowest BCUT2D eigenvalue weighted by atomic mass is 10.2. The van der Waals surface area contributed by atoms with E-state index in [0.717, 1.165) is 48.3 Å². The number of carbonyl (C=O) groups is 1. The van der Waals surface area contributed by atoms with E-state index in [9.17, 15) is 4.79 Å². The molecule has 0 aliphatic carbocycles. The zero-order chi connectivity index (χ0) is 23.3. The number of pyridine rings is 2. The molecule has 1 fully saturated rings. The molecule has 5 rings (SSSR count). The lowest BCUT2D eigenvalue weighted by molar-refractivity contribution is -0.111. The number of anilines is 6. The second-order valence-corrected chi connectivity index (χ2v) is 7.87. The van der Waals surface area contributed by atoms with Gasteiger partial charge in [-0.1, -0.05) is 30.8 Å². The van der Waals surface area contributed by atoms with E-state index < -0.39 is 0 Å². The molecule has 3 N–H and O–H groups in total. The fourth-order valence-electron chi connectivity index (χ4n) is 3.84. The summed E-state index contributed by atoms with van der Waals surface area (Å²) in [5, 5.41) is 10.1. The van der Waals surface area contributed by atoms with Gasteiger partial charge in [-0.15, -0.1) is 0 Å². The summed E-state index contributed by atoms with van der Waals surface area (Å²) in [6.07, 6.45) is 5.21. The van der Waals surface area contributed by atoms with E-state index in [1.807, 2.05) is 36.4 Å². The normalized spacial score (nSPS) is 13.0. The van der Waals surface area contributed by atoms with Gasteiger partial charge in [0.1, 0.15) is 23.3 Å². The van der Waals surface area contributed by atoms with Gasteiger partial charge in [0.2, 0.25) is 11.9 Å². The number of amides is 1. The number of aromatic nitrogens is 4. The number of nitrogens with one attached hydrogen (secondary N) is 3. The first-order valence-corrected chi connectivity index (χ1v) is 11.1. The number of nitrogens with zero attached hydrogens (tertiary/aromatic N) is 5. The SMILES string of the molecule is C=CC(=O)Nc1cccc(Nc2cc3c(N4CCCC4)nc(Nc4ccccc4)nc3cn2)n1. The van der Waals surface area contributed by atoms with Crippen LogP contribution in [0.2, 0.25) is 0 Å². The Labute approximate surface area is 197 Å². The van der Waals surface area contributed by atoms with Crippen LogP contribution in [0.4, 0.5) is 34.9 Å². The van der Waals surface area contributed by atoms with Crippen molar-refractivity contribution in [1.29, 1.82) is 0 Å². The zero-order valence-corrected chi connectivity index (χ0v) is 18.5. The van der Waals surface area contributed by atoms with E-state index in [0.29, 0.717) is 23.4 Å². The van der Waals surface area contributed by atoms with Crippen molar-refractivity contribution in [3.8, 4) is 0 Å². The molecule has 34 heavy (non-hydrogen) atoms. The molecule has 0 saturated carbocycles. The molecule has 1 aliphatic rings.